The van der Waals surface area contributed by atoms with Crippen molar-refractivity contribution in [2.24, 2.45) is 17.8 Å². The lowest BCUT2D eigenvalue weighted by Crippen LogP contribution is -2.59. The first kappa shape index (κ1) is 27.1. The standard InChI is InChI=1S/C28H40N4O6/c1-3-18(2)20(17-33)32-24(26(35)29-11-12-31-13-15-37-16-14-31)28-10-9-21(38-28)22(23(28)27(32)36)25(34)30-19-7-5-4-6-8-19/h4-8,18,20-24,33H,3,9-17H2,1-2H3,(H,29,35)(H,30,34)/t18-,20-,21-,22+,23-,24?,28?/m0/s1. The van der Waals surface area contributed by atoms with E-state index in [4.69, 9.17) is 9.47 Å². The highest BCUT2D eigenvalue weighted by atomic mass is 16.5. The van der Waals surface area contributed by atoms with E-state index in [2.05, 4.69) is 15.5 Å². The highest BCUT2D eigenvalue weighted by molar-refractivity contribution is 6.02. The van der Waals surface area contributed by atoms with Gasteiger partial charge in [0, 0.05) is 31.9 Å². The van der Waals surface area contributed by atoms with Gasteiger partial charge in [0.15, 0.2) is 0 Å². The molecular weight excluding hydrogens is 488 g/mol. The van der Waals surface area contributed by atoms with Gasteiger partial charge in [-0.05, 0) is 30.9 Å². The number of amides is 3. The predicted octanol–water partition coefficient (Wildman–Crippen LogP) is 0.855. The summed E-state index contributed by atoms with van der Waals surface area (Å²) in [5, 5.41) is 16.4. The number of aliphatic hydroxyl groups is 1. The molecule has 4 heterocycles. The lowest BCUT2D eigenvalue weighted by molar-refractivity contribution is -0.146. The topological polar surface area (TPSA) is 120 Å². The molecule has 4 aliphatic rings. The maximum atomic E-state index is 14.1. The molecule has 5 rings (SSSR count). The van der Waals surface area contributed by atoms with Crippen LogP contribution in [0.2, 0.25) is 0 Å². The Morgan fingerprint density at radius 2 is 1.92 bits per heavy atom. The van der Waals surface area contributed by atoms with Gasteiger partial charge in [-0.2, -0.15) is 0 Å². The number of likely N-dealkylation sites (tertiary alicyclic amines) is 1. The van der Waals surface area contributed by atoms with Crippen molar-refractivity contribution >= 4 is 23.4 Å². The van der Waals surface area contributed by atoms with Crippen LogP contribution in [-0.2, 0) is 23.9 Å². The quantitative estimate of drug-likeness (QED) is 0.412. The fraction of sp³-hybridized carbons (Fsp3) is 0.679. The number of anilines is 1. The van der Waals surface area contributed by atoms with E-state index in [9.17, 15) is 19.5 Å². The molecule has 1 aromatic rings. The lowest BCUT2D eigenvalue weighted by Gasteiger charge is -2.39. The summed E-state index contributed by atoms with van der Waals surface area (Å²) in [6.07, 6.45) is 1.45. The van der Waals surface area contributed by atoms with Gasteiger partial charge in [-0.1, -0.05) is 38.5 Å². The Morgan fingerprint density at radius 3 is 2.61 bits per heavy atom. The lowest BCUT2D eigenvalue weighted by atomic mass is 9.70. The van der Waals surface area contributed by atoms with E-state index < -0.39 is 35.6 Å². The summed E-state index contributed by atoms with van der Waals surface area (Å²) in [5.41, 5.74) is -0.424. The molecule has 2 bridgehead atoms. The fourth-order valence-corrected chi connectivity index (χ4v) is 6.87. The van der Waals surface area contributed by atoms with Gasteiger partial charge in [0.25, 0.3) is 0 Å². The van der Waals surface area contributed by atoms with Crippen LogP contribution in [0.5, 0.6) is 0 Å². The van der Waals surface area contributed by atoms with Crippen LogP contribution in [0, 0.1) is 17.8 Å². The number of morpholine rings is 1. The van der Waals surface area contributed by atoms with E-state index in [1.165, 1.54) is 0 Å². The summed E-state index contributed by atoms with van der Waals surface area (Å²) in [4.78, 5) is 45.3. The minimum absolute atomic E-state index is 0.0309. The summed E-state index contributed by atoms with van der Waals surface area (Å²) >= 11 is 0. The Hall–Kier alpha value is -2.53. The van der Waals surface area contributed by atoms with Crippen molar-refractivity contribution in [3.8, 4) is 0 Å². The molecule has 1 aromatic carbocycles. The van der Waals surface area contributed by atoms with Crippen LogP contribution in [-0.4, -0.2) is 102 Å². The molecule has 3 amide bonds. The number of benzene rings is 1. The minimum Gasteiger partial charge on any atom is -0.394 e. The van der Waals surface area contributed by atoms with E-state index in [1.54, 1.807) is 17.0 Å². The molecule has 3 N–H and O–H groups in total. The van der Waals surface area contributed by atoms with Crippen LogP contribution in [0.3, 0.4) is 0 Å². The molecule has 0 radical (unpaired) electrons. The summed E-state index contributed by atoms with van der Waals surface area (Å²) in [7, 11) is 0. The van der Waals surface area contributed by atoms with Gasteiger partial charge in [0.05, 0.1) is 43.8 Å². The van der Waals surface area contributed by atoms with Crippen molar-refractivity contribution in [2.45, 2.75) is 56.9 Å². The molecule has 10 nitrogen and oxygen atoms in total. The SMILES string of the molecule is CC[C@H](C)[C@H](CO)N1C(=O)[C@@H]2[C@H](C(=O)Nc3ccccc3)[C@@H]3CCC2(O3)C1C(=O)NCCN1CCOCC1. The van der Waals surface area contributed by atoms with Gasteiger partial charge in [-0.3, -0.25) is 19.3 Å². The van der Waals surface area contributed by atoms with E-state index in [1.807, 2.05) is 32.0 Å². The molecule has 2 unspecified atom stereocenters. The van der Waals surface area contributed by atoms with Gasteiger partial charge in [0.1, 0.15) is 11.6 Å². The van der Waals surface area contributed by atoms with Gasteiger partial charge >= 0.3 is 0 Å². The van der Waals surface area contributed by atoms with Crippen LogP contribution < -0.4 is 10.6 Å². The van der Waals surface area contributed by atoms with Gasteiger partial charge in [-0.25, -0.2) is 0 Å². The second-order valence-corrected chi connectivity index (χ2v) is 11.0. The number of nitrogens with zero attached hydrogens (tertiary/aromatic N) is 2. The van der Waals surface area contributed by atoms with Gasteiger partial charge in [-0.15, -0.1) is 0 Å². The number of fused-ring (bicyclic) bond motifs is 1. The number of carbonyl (C=O) groups is 3. The summed E-state index contributed by atoms with van der Waals surface area (Å²) in [5.74, 6) is -2.30. The summed E-state index contributed by atoms with van der Waals surface area (Å²) in [6, 6.07) is 7.73. The summed E-state index contributed by atoms with van der Waals surface area (Å²) < 4.78 is 11.9. The Labute approximate surface area is 224 Å². The number of carbonyl (C=O) groups excluding carboxylic acids is 3. The maximum Gasteiger partial charge on any atom is 0.245 e. The zero-order valence-electron chi connectivity index (χ0n) is 22.3. The highest BCUT2D eigenvalue weighted by Crippen LogP contribution is 2.59. The Kier molecular flexibility index (Phi) is 8.04. The molecular formula is C28H40N4O6. The van der Waals surface area contributed by atoms with Crippen molar-refractivity contribution in [3.63, 3.8) is 0 Å². The van der Waals surface area contributed by atoms with Crippen LogP contribution in [0.1, 0.15) is 33.1 Å². The van der Waals surface area contributed by atoms with Crippen molar-refractivity contribution in [1.29, 1.82) is 0 Å². The third kappa shape index (κ3) is 4.72. The number of rotatable bonds is 10. The Morgan fingerprint density at radius 1 is 1.18 bits per heavy atom. The number of nitrogens with one attached hydrogen (secondary N) is 2. The number of aliphatic hydroxyl groups excluding tert-OH is 1. The molecule has 0 saturated carbocycles. The van der Waals surface area contributed by atoms with E-state index in [0.717, 1.165) is 19.5 Å². The van der Waals surface area contributed by atoms with Gasteiger partial charge in [0.2, 0.25) is 17.7 Å². The smallest absolute Gasteiger partial charge is 0.245 e. The monoisotopic (exact) mass is 528 g/mol. The fourth-order valence-electron chi connectivity index (χ4n) is 6.87. The average molecular weight is 529 g/mol. The molecule has 10 heteroatoms. The van der Waals surface area contributed by atoms with Crippen molar-refractivity contribution < 1.29 is 29.0 Å². The van der Waals surface area contributed by atoms with E-state index in [-0.39, 0.29) is 30.2 Å². The first-order chi connectivity index (χ1) is 18.4. The molecule has 38 heavy (non-hydrogen) atoms. The minimum atomic E-state index is -1.08. The number of para-hydroxylation sites is 1. The summed E-state index contributed by atoms with van der Waals surface area (Å²) in [6.45, 7) is 7.84. The molecule has 0 aliphatic carbocycles. The number of ether oxygens (including phenoxy) is 2. The third-order valence-electron chi connectivity index (χ3n) is 9.01. The predicted molar refractivity (Wildman–Crippen MR) is 140 cm³/mol. The molecule has 0 aromatic heterocycles. The van der Waals surface area contributed by atoms with Crippen molar-refractivity contribution in [2.75, 3.05) is 51.3 Å². The maximum absolute atomic E-state index is 14.1. The Bertz CT molecular complexity index is 1020. The zero-order chi connectivity index (χ0) is 26.9. The zero-order valence-corrected chi connectivity index (χ0v) is 22.3. The molecule has 7 atom stereocenters. The van der Waals surface area contributed by atoms with Crippen LogP contribution in [0.15, 0.2) is 30.3 Å². The molecule has 1 spiro atoms. The normalized spacial score (nSPS) is 32.2. The van der Waals surface area contributed by atoms with Gasteiger partial charge < -0.3 is 30.1 Å². The van der Waals surface area contributed by atoms with Crippen molar-refractivity contribution in [1.82, 2.24) is 15.1 Å². The molecule has 4 fully saturated rings. The Balaban J connectivity index is 1.41. The molecule has 4 saturated heterocycles. The third-order valence-corrected chi connectivity index (χ3v) is 9.01. The van der Waals surface area contributed by atoms with Crippen LogP contribution >= 0.6 is 0 Å². The highest BCUT2D eigenvalue weighted by Gasteiger charge is 2.75. The molecule has 4 aliphatic heterocycles. The van der Waals surface area contributed by atoms with E-state index in [0.29, 0.717) is 44.8 Å². The van der Waals surface area contributed by atoms with Crippen LogP contribution in [0.25, 0.3) is 0 Å². The largest absolute Gasteiger partial charge is 0.394 e. The number of hydrogen-bond donors (Lipinski definition) is 3. The molecule has 208 valence electrons. The average Bonchev–Trinajstić information content (AvgIpc) is 3.58. The first-order valence-electron chi connectivity index (χ1n) is 14.0. The number of hydrogen-bond acceptors (Lipinski definition) is 7. The first-order valence-corrected chi connectivity index (χ1v) is 14.0. The second-order valence-electron chi connectivity index (χ2n) is 11.0. The second kappa shape index (κ2) is 11.3. The van der Waals surface area contributed by atoms with Crippen LogP contribution in [0.4, 0.5) is 5.69 Å². The van der Waals surface area contributed by atoms with Crippen molar-refractivity contribution in [3.05, 3.63) is 30.3 Å². The van der Waals surface area contributed by atoms with E-state index >= 15 is 0 Å².